The third-order valence-corrected chi connectivity index (χ3v) is 6.46. The first-order valence-corrected chi connectivity index (χ1v) is 12.2. The first kappa shape index (κ1) is 24.4. The summed E-state index contributed by atoms with van der Waals surface area (Å²) in [6, 6.07) is 15.4. The van der Waals surface area contributed by atoms with Gasteiger partial charge in [0.05, 0.1) is 0 Å². The Morgan fingerprint density at radius 3 is 2.41 bits per heavy atom. The van der Waals surface area contributed by atoms with Crippen molar-refractivity contribution in [1.82, 2.24) is 10.2 Å². The molecule has 2 aromatic carbocycles. The molecule has 0 radical (unpaired) electrons. The predicted octanol–water partition coefficient (Wildman–Crippen LogP) is 5.62. The fraction of sp³-hybridized carbons (Fsp3) is 0.481. The molecular formula is C27H37N3OS. The van der Waals surface area contributed by atoms with Crippen LogP contribution in [0.2, 0.25) is 0 Å². The van der Waals surface area contributed by atoms with Gasteiger partial charge in [-0.25, -0.2) is 0 Å². The van der Waals surface area contributed by atoms with Crippen molar-refractivity contribution in [3.8, 4) is 0 Å². The molecule has 0 atom stereocenters. The van der Waals surface area contributed by atoms with Gasteiger partial charge in [-0.15, -0.1) is 0 Å². The van der Waals surface area contributed by atoms with E-state index in [9.17, 15) is 4.79 Å². The Kier molecular flexibility index (Phi) is 8.44. The normalized spacial score (nSPS) is 15.4. The second kappa shape index (κ2) is 11.1. The van der Waals surface area contributed by atoms with E-state index in [1.807, 2.05) is 48.5 Å². The number of carbonyl (C=O) groups excluding carboxylic acids is 1. The standard InChI is InChI=1S/C27H37N3OS/c1-20-13-17-30(18-14-20)16-6-15-28-26(32)29-24-8-5-7-22(19-24)25(31)21-9-11-23(12-10-21)27(2,3)4/h5,7-12,19-20H,6,13-18H2,1-4H3,(H2,28,29,32). The molecule has 1 fully saturated rings. The lowest BCUT2D eigenvalue weighted by atomic mass is 9.86. The second-order valence-electron chi connectivity index (χ2n) is 10.00. The fourth-order valence-electron chi connectivity index (χ4n) is 3.99. The Bertz CT molecular complexity index is 909. The highest BCUT2D eigenvalue weighted by atomic mass is 32.1. The summed E-state index contributed by atoms with van der Waals surface area (Å²) in [6.07, 6.45) is 3.69. The number of ketones is 1. The molecule has 0 aliphatic carbocycles. The van der Waals surface area contributed by atoms with Crippen LogP contribution in [0.5, 0.6) is 0 Å². The van der Waals surface area contributed by atoms with Crippen molar-refractivity contribution < 1.29 is 4.79 Å². The molecule has 172 valence electrons. The van der Waals surface area contributed by atoms with Gasteiger partial charge in [-0.3, -0.25) is 4.79 Å². The molecule has 0 spiro atoms. The number of carbonyl (C=O) groups is 1. The van der Waals surface area contributed by atoms with E-state index < -0.39 is 0 Å². The second-order valence-corrected chi connectivity index (χ2v) is 10.4. The Morgan fingerprint density at radius 2 is 1.75 bits per heavy atom. The van der Waals surface area contributed by atoms with E-state index in [1.165, 1.54) is 31.5 Å². The summed E-state index contributed by atoms with van der Waals surface area (Å²) < 4.78 is 0. The molecule has 1 aliphatic rings. The number of likely N-dealkylation sites (tertiary alicyclic amines) is 1. The maximum absolute atomic E-state index is 12.9. The Hall–Kier alpha value is -2.24. The minimum atomic E-state index is 0.0174. The number of benzene rings is 2. The van der Waals surface area contributed by atoms with Gasteiger partial charge in [0.25, 0.3) is 0 Å². The van der Waals surface area contributed by atoms with E-state index in [2.05, 4.69) is 43.2 Å². The van der Waals surface area contributed by atoms with Crippen LogP contribution in [0.1, 0.15) is 68.4 Å². The zero-order valence-electron chi connectivity index (χ0n) is 19.9. The van der Waals surface area contributed by atoms with Gasteiger partial charge in [-0.2, -0.15) is 0 Å². The van der Waals surface area contributed by atoms with Gasteiger partial charge in [0.15, 0.2) is 10.9 Å². The minimum Gasteiger partial charge on any atom is -0.362 e. The monoisotopic (exact) mass is 451 g/mol. The number of hydrogen-bond donors (Lipinski definition) is 2. The summed E-state index contributed by atoms with van der Waals surface area (Å²) >= 11 is 5.45. The molecule has 0 bridgehead atoms. The van der Waals surface area contributed by atoms with Gasteiger partial charge in [0.1, 0.15) is 0 Å². The zero-order chi connectivity index (χ0) is 23.1. The highest BCUT2D eigenvalue weighted by molar-refractivity contribution is 7.80. The number of anilines is 1. The molecule has 5 heteroatoms. The van der Waals surface area contributed by atoms with E-state index in [4.69, 9.17) is 12.2 Å². The third kappa shape index (κ3) is 7.14. The number of hydrogen-bond acceptors (Lipinski definition) is 3. The Morgan fingerprint density at radius 1 is 1.06 bits per heavy atom. The van der Waals surface area contributed by atoms with Crippen molar-refractivity contribution >= 4 is 28.8 Å². The molecule has 3 rings (SSSR count). The summed E-state index contributed by atoms with van der Waals surface area (Å²) in [5.41, 5.74) is 3.46. The Balaban J connectivity index is 1.48. The number of rotatable bonds is 7. The van der Waals surface area contributed by atoms with E-state index in [0.717, 1.165) is 31.1 Å². The maximum Gasteiger partial charge on any atom is 0.193 e. The molecule has 0 saturated carbocycles. The molecule has 2 aromatic rings. The van der Waals surface area contributed by atoms with Crippen molar-refractivity contribution in [3.63, 3.8) is 0 Å². The molecule has 1 heterocycles. The van der Waals surface area contributed by atoms with E-state index in [-0.39, 0.29) is 11.2 Å². The minimum absolute atomic E-state index is 0.0174. The van der Waals surface area contributed by atoms with Gasteiger partial charge >= 0.3 is 0 Å². The first-order valence-electron chi connectivity index (χ1n) is 11.7. The lowest BCUT2D eigenvalue weighted by molar-refractivity contribution is 0.103. The lowest BCUT2D eigenvalue weighted by Crippen LogP contribution is -2.36. The van der Waals surface area contributed by atoms with Crippen LogP contribution in [0.25, 0.3) is 0 Å². The fourth-order valence-corrected chi connectivity index (χ4v) is 4.21. The SMILES string of the molecule is CC1CCN(CCCNC(=S)Nc2cccc(C(=O)c3ccc(C(C)(C)C)cc3)c2)CC1. The smallest absolute Gasteiger partial charge is 0.193 e. The molecule has 1 aliphatic heterocycles. The summed E-state index contributed by atoms with van der Waals surface area (Å²) in [7, 11) is 0. The highest BCUT2D eigenvalue weighted by Gasteiger charge is 2.16. The molecule has 0 aromatic heterocycles. The van der Waals surface area contributed by atoms with E-state index >= 15 is 0 Å². The van der Waals surface area contributed by atoms with Crippen LogP contribution < -0.4 is 10.6 Å². The summed E-state index contributed by atoms with van der Waals surface area (Å²) in [5, 5.41) is 7.10. The topological polar surface area (TPSA) is 44.4 Å². The predicted molar refractivity (Wildman–Crippen MR) is 139 cm³/mol. The van der Waals surface area contributed by atoms with Crippen molar-refractivity contribution in [2.75, 3.05) is 31.5 Å². The van der Waals surface area contributed by atoms with E-state index in [0.29, 0.717) is 16.2 Å². The number of piperidine rings is 1. The molecular weight excluding hydrogens is 414 g/mol. The molecule has 1 saturated heterocycles. The number of nitrogens with zero attached hydrogens (tertiary/aromatic N) is 1. The number of thiocarbonyl (C=S) groups is 1. The summed E-state index contributed by atoms with van der Waals surface area (Å²) in [4.78, 5) is 15.5. The van der Waals surface area contributed by atoms with Crippen LogP contribution in [0.15, 0.2) is 48.5 Å². The maximum atomic E-state index is 12.9. The van der Waals surface area contributed by atoms with Crippen molar-refractivity contribution in [3.05, 3.63) is 65.2 Å². The van der Waals surface area contributed by atoms with Crippen LogP contribution in [0, 0.1) is 5.92 Å². The average Bonchev–Trinajstić information content (AvgIpc) is 2.77. The van der Waals surface area contributed by atoms with Gasteiger partial charge in [0, 0.05) is 23.4 Å². The van der Waals surface area contributed by atoms with Gasteiger partial charge in [-0.1, -0.05) is 64.1 Å². The van der Waals surface area contributed by atoms with Crippen LogP contribution in [0.3, 0.4) is 0 Å². The van der Waals surface area contributed by atoms with Crippen LogP contribution in [-0.2, 0) is 5.41 Å². The molecule has 4 nitrogen and oxygen atoms in total. The van der Waals surface area contributed by atoms with Crippen molar-refractivity contribution in [2.45, 2.75) is 52.4 Å². The summed E-state index contributed by atoms with van der Waals surface area (Å²) in [6.45, 7) is 13.2. The van der Waals surface area contributed by atoms with Crippen molar-refractivity contribution in [2.24, 2.45) is 5.92 Å². The van der Waals surface area contributed by atoms with Crippen LogP contribution in [-0.4, -0.2) is 42.0 Å². The Labute approximate surface area is 198 Å². The number of nitrogens with one attached hydrogen (secondary N) is 2. The van der Waals surface area contributed by atoms with Gasteiger partial charge < -0.3 is 15.5 Å². The van der Waals surface area contributed by atoms with Crippen LogP contribution >= 0.6 is 12.2 Å². The largest absolute Gasteiger partial charge is 0.362 e. The van der Waals surface area contributed by atoms with Crippen molar-refractivity contribution in [1.29, 1.82) is 0 Å². The molecule has 0 unspecified atom stereocenters. The molecule has 32 heavy (non-hydrogen) atoms. The first-order chi connectivity index (χ1) is 15.2. The summed E-state index contributed by atoms with van der Waals surface area (Å²) in [5.74, 6) is 0.885. The van der Waals surface area contributed by atoms with Crippen LogP contribution in [0.4, 0.5) is 5.69 Å². The molecule has 2 N–H and O–H groups in total. The highest BCUT2D eigenvalue weighted by Crippen LogP contribution is 2.23. The average molecular weight is 452 g/mol. The molecule has 0 amide bonds. The van der Waals surface area contributed by atoms with Gasteiger partial charge in [-0.05, 0) is 80.1 Å². The quantitative estimate of drug-likeness (QED) is 0.325. The lowest BCUT2D eigenvalue weighted by Gasteiger charge is -2.30. The third-order valence-electron chi connectivity index (χ3n) is 6.21. The van der Waals surface area contributed by atoms with E-state index in [1.54, 1.807) is 0 Å². The van der Waals surface area contributed by atoms with Gasteiger partial charge in [0.2, 0.25) is 0 Å². The zero-order valence-corrected chi connectivity index (χ0v) is 20.7.